The van der Waals surface area contributed by atoms with Gasteiger partial charge in [0.15, 0.2) is 0 Å². The fourth-order valence-corrected chi connectivity index (χ4v) is 4.42. The number of carbonyl (C=O) groups is 2. The molecule has 14 heteroatoms. The van der Waals surface area contributed by atoms with E-state index in [1.807, 2.05) is 0 Å². The molecule has 0 saturated carbocycles. The summed E-state index contributed by atoms with van der Waals surface area (Å²) in [7, 11) is 0. The van der Waals surface area contributed by atoms with Crippen LogP contribution in [0.2, 0.25) is 0 Å². The number of alkyl halides is 3. The van der Waals surface area contributed by atoms with Gasteiger partial charge in [-0.2, -0.15) is 13.2 Å². The lowest BCUT2D eigenvalue weighted by molar-refractivity contribution is -0.137. The van der Waals surface area contributed by atoms with Gasteiger partial charge in [-0.3, -0.25) is 35.4 Å². The third-order valence-electron chi connectivity index (χ3n) is 4.17. The van der Waals surface area contributed by atoms with Crippen molar-refractivity contribution in [3.63, 3.8) is 0 Å². The molecule has 168 valence electrons. The number of pyridine rings is 1. The molecule has 0 aliphatic carbocycles. The highest BCUT2D eigenvalue weighted by Crippen LogP contribution is 2.38. The van der Waals surface area contributed by atoms with Crippen molar-refractivity contribution in [1.29, 1.82) is 0 Å². The minimum atomic E-state index is -4.61. The van der Waals surface area contributed by atoms with Crippen LogP contribution in [0.1, 0.15) is 31.4 Å². The molecule has 2 N–H and O–H groups in total. The Labute approximate surface area is 191 Å². The van der Waals surface area contributed by atoms with Crippen molar-refractivity contribution in [3.8, 4) is 21.3 Å². The molecule has 4 rings (SSSR count). The molecule has 0 bridgehead atoms. The molecule has 0 aliphatic heterocycles. The van der Waals surface area contributed by atoms with E-state index >= 15 is 0 Å². The first kappa shape index (κ1) is 22.4. The fraction of sp³-hybridized carbons (Fsp3) is 0.105. The van der Waals surface area contributed by atoms with Crippen LogP contribution in [0.3, 0.4) is 0 Å². The normalized spacial score (nSPS) is 11.3. The predicted octanol–water partition coefficient (Wildman–Crippen LogP) is 3.52. The lowest BCUT2D eigenvalue weighted by Crippen LogP contribution is -2.41. The summed E-state index contributed by atoms with van der Waals surface area (Å²) < 4.78 is 39.9. The molecular formula is C19H12F3N7O2S2. The van der Waals surface area contributed by atoms with Gasteiger partial charge in [0.1, 0.15) is 26.3 Å². The molecular weight excluding hydrogens is 479 g/mol. The van der Waals surface area contributed by atoms with E-state index in [-0.39, 0.29) is 26.8 Å². The van der Waals surface area contributed by atoms with Crippen molar-refractivity contribution < 1.29 is 22.8 Å². The van der Waals surface area contributed by atoms with E-state index in [1.54, 1.807) is 0 Å². The number of hydrazine groups is 1. The van der Waals surface area contributed by atoms with Gasteiger partial charge in [0.05, 0.1) is 17.5 Å². The van der Waals surface area contributed by atoms with E-state index in [0.29, 0.717) is 10.7 Å². The summed E-state index contributed by atoms with van der Waals surface area (Å²) in [5, 5.41) is 1.94. The summed E-state index contributed by atoms with van der Waals surface area (Å²) in [5.41, 5.74) is 4.06. The maximum absolute atomic E-state index is 13.3. The maximum atomic E-state index is 13.3. The van der Waals surface area contributed by atoms with Gasteiger partial charge in [-0.15, -0.1) is 22.7 Å². The Bertz CT molecular complexity index is 1320. The number of aromatic nitrogens is 5. The molecule has 0 aliphatic rings. The number of amides is 2. The van der Waals surface area contributed by atoms with Crippen LogP contribution < -0.4 is 10.9 Å². The third kappa shape index (κ3) is 4.85. The largest absolute Gasteiger partial charge is 0.417 e. The molecule has 0 radical (unpaired) electrons. The number of carbonyl (C=O) groups excluding carboxylic acids is 2. The molecule has 0 unspecified atom stereocenters. The monoisotopic (exact) mass is 491 g/mol. The Morgan fingerprint density at radius 3 is 2.45 bits per heavy atom. The van der Waals surface area contributed by atoms with Gasteiger partial charge in [-0.1, -0.05) is 0 Å². The Morgan fingerprint density at radius 1 is 0.970 bits per heavy atom. The van der Waals surface area contributed by atoms with Crippen molar-refractivity contribution in [2.45, 2.75) is 13.1 Å². The van der Waals surface area contributed by atoms with E-state index < -0.39 is 23.6 Å². The van der Waals surface area contributed by atoms with E-state index in [4.69, 9.17) is 0 Å². The summed E-state index contributed by atoms with van der Waals surface area (Å²) in [6.45, 7) is 1.48. The van der Waals surface area contributed by atoms with Gasteiger partial charge in [-0.25, -0.2) is 9.97 Å². The van der Waals surface area contributed by atoms with Gasteiger partial charge in [0.25, 0.3) is 11.8 Å². The van der Waals surface area contributed by atoms with Crippen molar-refractivity contribution in [2.75, 3.05) is 0 Å². The standard InChI is InChI=1S/C19H12F3N7O2S2/c1-9-14(33-17(26-9)10-6-23-3-2-11(10)19(20,21)22)16(31)29-28-15(30)13-8-32-18(27-13)12-7-24-4-5-25-12/h2-8H,1H3,(H,28,30)(H,29,31). The second-order valence-electron chi connectivity index (χ2n) is 6.39. The average molecular weight is 491 g/mol. The van der Waals surface area contributed by atoms with Crippen LogP contribution in [0, 0.1) is 6.92 Å². The van der Waals surface area contributed by atoms with Crippen LogP contribution in [0.15, 0.2) is 42.4 Å². The van der Waals surface area contributed by atoms with Crippen LogP contribution in [0.4, 0.5) is 13.2 Å². The highest BCUT2D eigenvalue weighted by molar-refractivity contribution is 7.17. The van der Waals surface area contributed by atoms with E-state index in [0.717, 1.165) is 29.8 Å². The fourth-order valence-electron chi connectivity index (χ4n) is 2.67. The van der Waals surface area contributed by atoms with Crippen molar-refractivity contribution in [3.05, 3.63) is 64.3 Å². The van der Waals surface area contributed by atoms with Crippen molar-refractivity contribution >= 4 is 34.5 Å². The van der Waals surface area contributed by atoms with Crippen molar-refractivity contribution in [2.24, 2.45) is 0 Å². The lowest BCUT2D eigenvalue weighted by Gasteiger charge is -2.09. The molecule has 0 saturated heterocycles. The Balaban J connectivity index is 1.47. The number of hydrogen-bond acceptors (Lipinski definition) is 9. The first-order valence-corrected chi connectivity index (χ1v) is 10.7. The highest BCUT2D eigenvalue weighted by Gasteiger charge is 2.34. The molecule has 4 aromatic heterocycles. The highest BCUT2D eigenvalue weighted by atomic mass is 32.1. The summed E-state index contributed by atoms with van der Waals surface area (Å²) in [5.74, 6) is -1.41. The lowest BCUT2D eigenvalue weighted by atomic mass is 10.1. The quantitative estimate of drug-likeness (QED) is 0.419. The SMILES string of the molecule is Cc1nc(-c2cnccc2C(F)(F)F)sc1C(=O)NNC(=O)c1csc(-c2cnccn2)n1. The van der Waals surface area contributed by atoms with Gasteiger partial charge in [0, 0.05) is 35.7 Å². The van der Waals surface area contributed by atoms with Crippen molar-refractivity contribution in [1.82, 2.24) is 35.8 Å². The first-order valence-electron chi connectivity index (χ1n) is 9.05. The van der Waals surface area contributed by atoms with E-state index in [1.165, 1.54) is 42.2 Å². The van der Waals surface area contributed by atoms with E-state index in [9.17, 15) is 22.8 Å². The summed E-state index contributed by atoms with van der Waals surface area (Å²) >= 11 is 1.93. The minimum Gasteiger partial charge on any atom is -0.266 e. The van der Waals surface area contributed by atoms with E-state index in [2.05, 4.69) is 35.8 Å². The second kappa shape index (κ2) is 8.99. The van der Waals surface area contributed by atoms with Crippen LogP contribution >= 0.6 is 22.7 Å². The van der Waals surface area contributed by atoms with Crippen LogP contribution in [0.5, 0.6) is 0 Å². The predicted molar refractivity (Wildman–Crippen MR) is 113 cm³/mol. The van der Waals surface area contributed by atoms with Crippen LogP contribution in [-0.4, -0.2) is 36.7 Å². The molecule has 0 atom stereocenters. The third-order valence-corrected chi connectivity index (χ3v) is 6.22. The molecule has 9 nitrogen and oxygen atoms in total. The zero-order chi connectivity index (χ0) is 23.6. The number of nitrogens with zero attached hydrogens (tertiary/aromatic N) is 5. The number of thiazole rings is 2. The Hall–Kier alpha value is -3.78. The summed E-state index contributed by atoms with van der Waals surface area (Å²) in [6.07, 6.45) is 1.97. The smallest absolute Gasteiger partial charge is 0.266 e. The number of aryl methyl sites for hydroxylation is 1. The first-order chi connectivity index (χ1) is 15.7. The molecule has 0 fully saturated rings. The topological polar surface area (TPSA) is 123 Å². The zero-order valence-electron chi connectivity index (χ0n) is 16.5. The molecule has 4 heterocycles. The van der Waals surface area contributed by atoms with Gasteiger partial charge in [-0.05, 0) is 13.0 Å². The van der Waals surface area contributed by atoms with Crippen LogP contribution in [0.25, 0.3) is 21.3 Å². The molecule has 2 amide bonds. The Morgan fingerprint density at radius 2 is 1.73 bits per heavy atom. The number of hydrogen-bond donors (Lipinski definition) is 2. The Kier molecular flexibility index (Phi) is 6.11. The number of halogens is 3. The van der Waals surface area contributed by atoms with Crippen LogP contribution in [-0.2, 0) is 6.18 Å². The van der Waals surface area contributed by atoms with Gasteiger partial charge < -0.3 is 0 Å². The number of rotatable bonds is 4. The molecule has 33 heavy (non-hydrogen) atoms. The molecule has 0 aromatic carbocycles. The average Bonchev–Trinajstić information content (AvgIpc) is 3.45. The summed E-state index contributed by atoms with van der Waals surface area (Å²) in [4.78, 5) is 44.9. The number of nitrogens with one attached hydrogen (secondary N) is 2. The minimum absolute atomic E-state index is 0.0162. The van der Waals surface area contributed by atoms with Gasteiger partial charge in [0.2, 0.25) is 0 Å². The zero-order valence-corrected chi connectivity index (χ0v) is 18.2. The second-order valence-corrected chi connectivity index (χ2v) is 8.25. The van der Waals surface area contributed by atoms with Gasteiger partial charge >= 0.3 is 6.18 Å². The maximum Gasteiger partial charge on any atom is 0.417 e. The molecule has 0 spiro atoms. The molecule has 4 aromatic rings. The summed E-state index contributed by atoms with van der Waals surface area (Å²) in [6, 6.07) is 0.842.